The van der Waals surface area contributed by atoms with E-state index in [9.17, 15) is 9.59 Å². The van der Waals surface area contributed by atoms with E-state index in [1.165, 1.54) is 17.5 Å². The van der Waals surface area contributed by atoms with Crippen molar-refractivity contribution in [3.63, 3.8) is 0 Å². The maximum absolute atomic E-state index is 13.1. The van der Waals surface area contributed by atoms with Gasteiger partial charge in [0.2, 0.25) is 0 Å². The Labute approximate surface area is 226 Å². The van der Waals surface area contributed by atoms with E-state index in [1.54, 1.807) is 0 Å². The molecule has 38 heavy (non-hydrogen) atoms. The number of amides is 1. The second-order valence-electron chi connectivity index (χ2n) is 11.3. The van der Waals surface area contributed by atoms with Crippen LogP contribution in [0, 0.1) is 0 Å². The molecule has 1 aromatic heterocycles. The lowest BCUT2D eigenvalue weighted by atomic mass is 9.95. The average molecular weight is 523 g/mol. The van der Waals surface area contributed by atoms with Crippen LogP contribution in [0.1, 0.15) is 68.1 Å². The molecular weight excluding hydrogens is 480 g/mol. The third-order valence-corrected chi connectivity index (χ3v) is 7.41. The van der Waals surface area contributed by atoms with E-state index in [-0.39, 0.29) is 11.5 Å². The maximum atomic E-state index is 13.1. The van der Waals surface area contributed by atoms with Crippen molar-refractivity contribution in [1.29, 1.82) is 0 Å². The Kier molecular flexibility index (Phi) is 9.69. The smallest absolute Gasteiger partial charge is 0.293 e. The second kappa shape index (κ2) is 13.2. The van der Waals surface area contributed by atoms with Crippen LogP contribution in [-0.2, 0) is 22.5 Å². The predicted molar refractivity (Wildman–Crippen MR) is 148 cm³/mol. The molecule has 0 atom stereocenters. The fourth-order valence-corrected chi connectivity index (χ4v) is 5.30. The lowest BCUT2D eigenvalue weighted by molar-refractivity contribution is -0.138. The summed E-state index contributed by atoms with van der Waals surface area (Å²) < 4.78 is 4.55. The number of rotatable bonds is 5. The van der Waals surface area contributed by atoms with Crippen LogP contribution in [0.5, 0.6) is 0 Å². The molecular formula is C29H42N6O3. The molecule has 0 radical (unpaired) electrons. The van der Waals surface area contributed by atoms with E-state index in [4.69, 9.17) is 0 Å². The molecule has 206 valence electrons. The standard InChI is InChI=1S/C24H32N6O.C5H10O2/c31-24(22-15-23(27-17-26-22)28-20-5-10-25-11-6-20)29-13-8-21(9-14-29)30-12-7-18-3-1-2-4-19(18)16-30;1-5(2,3)7-4-6/h1-4,15,17,20-21,25H,5-14,16H2,(H,26,27,28);4H,1-3H3. The Morgan fingerprint density at radius 3 is 2.42 bits per heavy atom. The van der Waals surface area contributed by atoms with E-state index < -0.39 is 0 Å². The summed E-state index contributed by atoms with van der Waals surface area (Å²) >= 11 is 0. The normalized spacial score (nSPS) is 19.1. The Bertz CT molecular complexity index is 1060. The van der Waals surface area contributed by atoms with Gasteiger partial charge in [0, 0.05) is 44.3 Å². The zero-order valence-corrected chi connectivity index (χ0v) is 23.0. The minimum atomic E-state index is -0.318. The number of hydrogen-bond acceptors (Lipinski definition) is 8. The molecule has 2 N–H and O–H groups in total. The highest BCUT2D eigenvalue weighted by molar-refractivity contribution is 5.93. The molecule has 1 amide bonds. The summed E-state index contributed by atoms with van der Waals surface area (Å²) in [6.07, 6.45) is 6.83. The summed E-state index contributed by atoms with van der Waals surface area (Å²) in [7, 11) is 0. The first-order valence-corrected chi connectivity index (χ1v) is 13.8. The molecule has 2 fully saturated rings. The molecule has 0 aliphatic carbocycles. The zero-order chi connectivity index (χ0) is 27.0. The van der Waals surface area contributed by atoms with Gasteiger partial charge in [-0.1, -0.05) is 24.3 Å². The summed E-state index contributed by atoms with van der Waals surface area (Å²) in [5.41, 5.74) is 3.13. The minimum Gasteiger partial charge on any atom is -0.462 e. The molecule has 0 bridgehead atoms. The average Bonchev–Trinajstić information content (AvgIpc) is 2.93. The third-order valence-electron chi connectivity index (χ3n) is 7.41. The number of ether oxygens (including phenoxy) is 1. The van der Waals surface area contributed by atoms with Gasteiger partial charge in [0.1, 0.15) is 23.4 Å². The maximum Gasteiger partial charge on any atom is 0.293 e. The highest BCUT2D eigenvalue weighted by Gasteiger charge is 2.30. The van der Waals surface area contributed by atoms with Gasteiger partial charge in [0.15, 0.2) is 0 Å². The monoisotopic (exact) mass is 522 g/mol. The molecule has 9 nitrogen and oxygen atoms in total. The van der Waals surface area contributed by atoms with Crippen molar-refractivity contribution >= 4 is 18.2 Å². The van der Waals surface area contributed by atoms with Crippen molar-refractivity contribution in [3.05, 3.63) is 53.5 Å². The zero-order valence-electron chi connectivity index (χ0n) is 23.0. The molecule has 1 aromatic carbocycles. The van der Waals surface area contributed by atoms with E-state index in [0.29, 0.717) is 24.2 Å². The van der Waals surface area contributed by atoms with Gasteiger partial charge >= 0.3 is 0 Å². The second-order valence-corrected chi connectivity index (χ2v) is 11.3. The molecule has 2 aromatic rings. The summed E-state index contributed by atoms with van der Waals surface area (Å²) in [4.78, 5) is 35.9. The highest BCUT2D eigenvalue weighted by atomic mass is 16.5. The van der Waals surface area contributed by atoms with Crippen molar-refractivity contribution in [1.82, 2.24) is 25.1 Å². The van der Waals surface area contributed by atoms with E-state index in [2.05, 4.69) is 54.5 Å². The van der Waals surface area contributed by atoms with Gasteiger partial charge in [-0.2, -0.15) is 0 Å². The van der Waals surface area contributed by atoms with Crippen molar-refractivity contribution in [2.75, 3.05) is 38.0 Å². The van der Waals surface area contributed by atoms with E-state index in [1.807, 2.05) is 31.7 Å². The number of carbonyl (C=O) groups is 2. The highest BCUT2D eigenvalue weighted by Crippen LogP contribution is 2.25. The van der Waals surface area contributed by atoms with Crippen LogP contribution in [0.3, 0.4) is 0 Å². The molecule has 4 heterocycles. The summed E-state index contributed by atoms with van der Waals surface area (Å²) in [6.45, 7) is 11.7. The molecule has 0 unspecified atom stereocenters. The van der Waals surface area contributed by atoms with E-state index in [0.717, 1.165) is 77.2 Å². The molecule has 3 aliphatic heterocycles. The Balaban J connectivity index is 0.000000426. The van der Waals surface area contributed by atoms with Gasteiger partial charge in [-0.3, -0.25) is 14.5 Å². The molecule has 9 heteroatoms. The van der Waals surface area contributed by atoms with Crippen molar-refractivity contribution < 1.29 is 14.3 Å². The first-order valence-electron chi connectivity index (χ1n) is 13.8. The van der Waals surface area contributed by atoms with Crippen LogP contribution in [0.4, 0.5) is 5.82 Å². The van der Waals surface area contributed by atoms with Crippen LogP contribution in [0.15, 0.2) is 36.7 Å². The van der Waals surface area contributed by atoms with E-state index >= 15 is 0 Å². The minimum absolute atomic E-state index is 0.0261. The number of carbonyl (C=O) groups excluding carboxylic acids is 2. The van der Waals surface area contributed by atoms with Crippen LogP contribution in [0.25, 0.3) is 0 Å². The Hall–Kier alpha value is -3.04. The Morgan fingerprint density at radius 1 is 1.05 bits per heavy atom. The largest absolute Gasteiger partial charge is 0.462 e. The first kappa shape index (κ1) is 28.0. The van der Waals surface area contributed by atoms with Gasteiger partial charge < -0.3 is 20.3 Å². The topological polar surface area (TPSA) is 99.7 Å². The van der Waals surface area contributed by atoms with Gasteiger partial charge in [0.25, 0.3) is 12.4 Å². The van der Waals surface area contributed by atoms with Gasteiger partial charge in [0.05, 0.1) is 0 Å². The van der Waals surface area contributed by atoms with Gasteiger partial charge in [-0.15, -0.1) is 0 Å². The fraction of sp³-hybridized carbons (Fsp3) is 0.586. The summed E-state index contributed by atoms with van der Waals surface area (Å²) in [6, 6.07) is 11.6. The van der Waals surface area contributed by atoms with Crippen LogP contribution in [0.2, 0.25) is 0 Å². The van der Waals surface area contributed by atoms with Crippen molar-refractivity contribution in [2.24, 2.45) is 0 Å². The summed E-state index contributed by atoms with van der Waals surface area (Å²) in [5, 5.41) is 6.84. The third kappa shape index (κ3) is 7.98. The SMILES string of the molecule is CC(C)(C)OC=O.O=C(c1cc(NC2CCNCC2)ncn1)N1CCC(N2CCc3ccccc3C2)CC1. The number of hydrogen-bond donors (Lipinski definition) is 2. The van der Waals surface area contributed by atoms with Crippen molar-refractivity contribution in [2.45, 2.75) is 77.1 Å². The van der Waals surface area contributed by atoms with Crippen LogP contribution < -0.4 is 10.6 Å². The van der Waals surface area contributed by atoms with Gasteiger partial charge in [-0.25, -0.2) is 9.97 Å². The number of aromatic nitrogens is 2. The Morgan fingerprint density at radius 2 is 1.76 bits per heavy atom. The molecule has 5 rings (SSSR count). The quantitative estimate of drug-likeness (QED) is 0.578. The number of piperidine rings is 2. The van der Waals surface area contributed by atoms with Crippen LogP contribution in [-0.4, -0.2) is 82.6 Å². The van der Waals surface area contributed by atoms with Crippen LogP contribution >= 0.6 is 0 Å². The number of nitrogens with zero attached hydrogens (tertiary/aromatic N) is 4. The number of nitrogens with one attached hydrogen (secondary N) is 2. The fourth-order valence-electron chi connectivity index (χ4n) is 5.30. The summed E-state index contributed by atoms with van der Waals surface area (Å²) in [5.74, 6) is 0.783. The number of anilines is 1. The lowest BCUT2D eigenvalue weighted by Gasteiger charge is -2.40. The molecule has 3 aliphatic rings. The number of fused-ring (bicyclic) bond motifs is 1. The van der Waals surface area contributed by atoms with Gasteiger partial charge in [-0.05, 0) is 77.1 Å². The molecule has 2 saturated heterocycles. The number of likely N-dealkylation sites (tertiary alicyclic amines) is 1. The van der Waals surface area contributed by atoms with Crippen molar-refractivity contribution in [3.8, 4) is 0 Å². The molecule has 0 spiro atoms. The first-order chi connectivity index (χ1) is 18.3. The lowest BCUT2D eigenvalue weighted by Crippen LogP contribution is -2.48. The number of benzene rings is 1. The molecule has 0 saturated carbocycles. The predicted octanol–water partition coefficient (Wildman–Crippen LogP) is 3.26.